The molecule has 0 aliphatic carbocycles. The average molecular weight is 352 g/mol. The van der Waals surface area contributed by atoms with Gasteiger partial charge in [0.05, 0.1) is 17.4 Å². The van der Waals surface area contributed by atoms with Crippen molar-refractivity contribution in [3.63, 3.8) is 0 Å². The van der Waals surface area contributed by atoms with Crippen molar-refractivity contribution in [2.45, 2.75) is 13.3 Å². The number of amides is 1. The summed E-state index contributed by atoms with van der Waals surface area (Å²) in [6.07, 6.45) is 4.07. The molecule has 0 saturated carbocycles. The molecule has 5 heteroatoms. The van der Waals surface area contributed by atoms with E-state index in [4.69, 9.17) is 11.6 Å². The Kier molecular flexibility index (Phi) is 5.31. The zero-order chi connectivity index (χ0) is 17.6. The molecule has 2 aromatic carbocycles. The molecule has 0 bridgehead atoms. The number of para-hydroxylation sites is 1. The normalized spacial score (nSPS) is 10.3. The zero-order valence-corrected chi connectivity index (χ0v) is 14.5. The van der Waals surface area contributed by atoms with Crippen molar-refractivity contribution < 1.29 is 4.79 Å². The number of carbonyl (C=O) groups is 1. The van der Waals surface area contributed by atoms with Gasteiger partial charge in [-0.25, -0.2) is 0 Å². The van der Waals surface area contributed by atoms with E-state index >= 15 is 0 Å². The number of halogens is 1. The van der Waals surface area contributed by atoms with Crippen LogP contribution in [0.3, 0.4) is 0 Å². The number of aryl methyl sites for hydroxylation is 1. The Hall–Kier alpha value is -2.85. The van der Waals surface area contributed by atoms with Gasteiger partial charge in [0.25, 0.3) is 5.91 Å². The van der Waals surface area contributed by atoms with Gasteiger partial charge in [-0.2, -0.15) is 0 Å². The van der Waals surface area contributed by atoms with E-state index < -0.39 is 0 Å². The number of hydrogen-bond donors (Lipinski definition) is 2. The average Bonchev–Trinajstić information content (AvgIpc) is 2.62. The fourth-order valence-electron chi connectivity index (χ4n) is 2.51. The highest BCUT2D eigenvalue weighted by Crippen LogP contribution is 2.21. The third kappa shape index (κ3) is 4.37. The van der Waals surface area contributed by atoms with E-state index in [1.807, 2.05) is 42.5 Å². The Morgan fingerprint density at radius 2 is 1.88 bits per heavy atom. The third-order valence-electron chi connectivity index (χ3n) is 3.76. The van der Waals surface area contributed by atoms with Gasteiger partial charge in [0, 0.05) is 22.6 Å². The first-order valence-corrected chi connectivity index (χ1v) is 8.40. The summed E-state index contributed by atoms with van der Waals surface area (Å²) in [4.78, 5) is 16.7. The van der Waals surface area contributed by atoms with Crippen LogP contribution in [0.5, 0.6) is 0 Å². The molecule has 25 heavy (non-hydrogen) atoms. The summed E-state index contributed by atoms with van der Waals surface area (Å²) in [6, 6.07) is 16.9. The lowest BCUT2D eigenvalue weighted by atomic mass is 10.1. The van der Waals surface area contributed by atoms with Crippen LogP contribution in [-0.4, -0.2) is 10.9 Å². The second kappa shape index (κ2) is 7.81. The molecule has 0 aliphatic rings. The molecule has 0 spiro atoms. The third-order valence-corrected chi connectivity index (χ3v) is 4.00. The maximum absolute atomic E-state index is 12.5. The van der Waals surface area contributed by atoms with E-state index in [9.17, 15) is 4.79 Å². The number of nitrogens with zero attached hydrogens (tertiary/aromatic N) is 1. The molecule has 1 amide bonds. The maximum Gasteiger partial charge on any atom is 0.257 e. The van der Waals surface area contributed by atoms with Gasteiger partial charge < -0.3 is 10.6 Å². The van der Waals surface area contributed by atoms with Gasteiger partial charge in [-0.1, -0.05) is 42.8 Å². The maximum atomic E-state index is 12.5. The van der Waals surface area contributed by atoms with Crippen molar-refractivity contribution in [1.29, 1.82) is 0 Å². The second-order valence-corrected chi connectivity index (χ2v) is 6.00. The number of hydrogen-bond acceptors (Lipinski definition) is 3. The van der Waals surface area contributed by atoms with E-state index in [0.29, 0.717) is 10.6 Å². The van der Waals surface area contributed by atoms with Crippen LogP contribution in [0.15, 0.2) is 67.0 Å². The fraction of sp³-hybridized carbons (Fsp3) is 0.100. The predicted molar refractivity (Wildman–Crippen MR) is 103 cm³/mol. The lowest BCUT2D eigenvalue weighted by Gasteiger charge is -2.11. The van der Waals surface area contributed by atoms with E-state index in [1.54, 1.807) is 24.5 Å². The Bertz CT molecular complexity index is 895. The molecule has 4 nitrogen and oxygen atoms in total. The van der Waals surface area contributed by atoms with E-state index in [0.717, 1.165) is 29.0 Å². The molecular weight excluding hydrogens is 334 g/mol. The van der Waals surface area contributed by atoms with Crippen molar-refractivity contribution >= 4 is 34.6 Å². The van der Waals surface area contributed by atoms with Crippen LogP contribution in [0.2, 0.25) is 5.02 Å². The Labute approximate surface area is 151 Å². The van der Waals surface area contributed by atoms with Crippen LogP contribution < -0.4 is 10.6 Å². The predicted octanol–water partition coefficient (Wildman–Crippen LogP) is 5.29. The van der Waals surface area contributed by atoms with Crippen molar-refractivity contribution in [2.24, 2.45) is 0 Å². The highest BCUT2D eigenvalue weighted by Gasteiger charge is 2.10. The van der Waals surface area contributed by atoms with Crippen LogP contribution in [-0.2, 0) is 6.42 Å². The molecule has 3 aromatic rings. The van der Waals surface area contributed by atoms with Gasteiger partial charge in [-0.3, -0.25) is 9.78 Å². The topological polar surface area (TPSA) is 54.0 Å². The first kappa shape index (κ1) is 17.0. The molecular formula is C20H18ClN3O. The van der Waals surface area contributed by atoms with Crippen molar-refractivity contribution in [1.82, 2.24) is 4.98 Å². The summed E-state index contributed by atoms with van der Waals surface area (Å²) in [5.74, 6) is -0.192. The van der Waals surface area contributed by atoms with E-state index in [-0.39, 0.29) is 5.91 Å². The van der Waals surface area contributed by atoms with Crippen molar-refractivity contribution in [3.05, 3.63) is 83.1 Å². The number of benzene rings is 2. The molecule has 3 rings (SSSR count). The highest BCUT2D eigenvalue weighted by molar-refractivity contribution is 6.30. The minimum absolute atomic E-state index is 0.192. The monoisotopic (exact) mass is 351 g/mol. The highest BCUT2D eigenvalue weighted by atomic mass is 35.5. The Morgan fingerprint density at radius 1 is 1.04 bits per heavy atom. The van der Waals surface area contributed by atoms with Crippen LogP contribution in [0.4, 0.5) is 17.1 Å². The summed E-state index contributed by atoms with van der Waals surface area (Å²) in [6.45, 7) is 2.06. The number of pyridine rings is 1. The number of nitrogens with one attached hydrogen (secondary N) is 2. The summed E-state index contributed by atoms with van der Waals surface area (Å²) >= 11 is 5.99. The minimum atomic E-state index is -0.192. The van der Waals surface area contributed by atoms with Gasteiger partial charge in [-0.15, -0.1) is 0 Å². The Balaban J connectivity index is 1.77. The molecule has 0 unspecified atom stereocenters. The minimum Gasteiger partial charge on any atom is -0.354 e. The smallest absolute Gasteiger partial charge is 0.257 e. The van der Waals surface area contributed by atoms with Gasteiger partial charge in [0.15, 0.2) is 0 Å². The van der Waals surface area contributed by atoms with Gasteiger partial charge in [0.2, 0.25) is 0 Å². The molecule has 1 aromatic heterocycles. The van der Waals surface area contributed by atoms with Crippen LogP contribution in [0, 0.1) is 0 Å². The number of carbonyl (C=O) groups excluding carboxylic acids is 1. The summed E-state index contributed by atoms with van der Waals surface area (Å²) in [7, 11) is 0. The standard InChI is InChI=1S/C20H18ClN3O/c1-2-14-6-3-4-9-19(14)24-20(25)15-10-18(13-22-12-15)23-17-8-5-7-16(21)11-17/h3-13,23H,2H2,1H3,(H,24,25). The van der Waals surface area contributed by atoms with E-state index in [1.165, 1.54) is 0 Å². The fourth-order valence-corrected chi connectivity index (χ4v) is 2.70. The van der Waals surface area contributed by atoms with Gasteiger partial charge in [-0.05, 0) is 42.3 Å². The van der Waals surface area contributed by atoms with Gasteiger partial charge >= 0.3 is 0 Å². The molecule has 0 atom stereocenters. The Morgan fingerprint density at radius 3 is 2.68 bits per heavy atom. The largest absolute Gasteiger partial charge is 0.354 e. The van der Waals surface area contributed by atoms with Crippen LogP contribution in [0.25, 0.3) is 0 Å². The summed E-state index contributed by atoms with van der Waals surface area (Å²) in [5, 5.41) is 6.79. The quantitative estimate of drug-likeness (QED) is 0.656. The van der Waals surface area contributed by atoms with Gasteiger partial charge in [0.1, 0.15) is 0 Å². The molecule has 126 valence electrons. The summed E-state index contributed by atoms with van der Waals surface area (Å²) in [5.41, 5.74) is 3.96. The molecule has 0 fully saturated rings. The molecule has 0 saturated heterocycles. The number of anilines is 3. The second-order valence-electron chi connectivity index (χ2n) is 5.56. The SMILES string of the molecule is CCc1ccccc1NC(=O)c1cncc(Nc2cccc(Cl)c2)c1. The van der Waals surface area contributed by atoms with Crippen LogP contribution in [0.1, 0.15) is 22.8 Å². The zero-order valence-electron chi connectivity index (χ0n) is 13.8. The molecule has 0 radical (unpaired) electrons. The van der Waals surface area contributed by atoms with Crippen molar-refractivity contribution in [3.8, 4) is 0 Å². The molecule has 0 aliphatic heterocycles. The summed E-state index contributed by atoms with van der Waals surface area (Å²) < 4.78 is 0. The first-order valence-electron chi connectivity index (χ1n) is 8.02. The molecule has 2 N–H and O–H groups in total. The number of rotatable bonds is 5. The lowest BCUT2D eigenvalue weighted by molar-refractivity contribution is 0.102. The number of aromatic nitrogens is 1. The first-order chi connectivity index (χ1) is 12.2. The van der Waals surface area contributed by atoms with E-state index in [2.05, 4.69) is 22.5 Å². The molecule has 1 heterocycles. The lowest BCUT2D eigenvalue weighted by Crippen LogP contribution is -2.13. The van der Waals surface area contributed by atoms with Crippen LogP contribution >= 0.6 is 11.6 Å². The van der Waals surface area contributed by atoms with Crippen molar-refractivity contribution in [2.75, 3.05) is 10.6 Å².